The van der Waals surface area contributed by atoms with Gasteiger partial charge in [-0.15, -0.1) is 0 Å². The number of nitrogens with one attached hydrogen (secondary N) is 2. The molecule has 3 rings (SSSR count). The molecule has 1 aliphatic carbocycles. The fourth-order valence-electron chi connectivity index (χ4n) is 3.06. The number of hydrogen-bond acceptors (Lipinski definition) is 2. The summed E-state index contributed by atoms with van der Waals surface area (Å²) in [7, 11) is 0. The van der Waals surface area contributed by atoms with Crippen molar-refractivity contribution in [3.63, 3.8) is 0 Å². The Morgan fingerprint density at radius 1 is 1.33 bits per heavy atom. The van der Waals surface area contributed by atoms with E-state index in [1.54, 1.807) is 0 Å². The number of aromatic nitrogens is 1. The van der Waals surface area contributed by atoms with Crippen LogP contribution in [0.3, 0.4) is 0 Å². The molecular formula is C17H22N2O2. The Morgan fingerprint density at radius 2 is 2.14 bits per heavy atom. The monoisotopic (exact) mass is 286 g/mol. The average molecular weight is 286 g/mol. The van der Waals surface area contributed by atoms with Crippen molar-refractivity contribution in [2.75, 3.05) is 6.61 Å². The Kier molecular flexibility index (Phi) is 3.97. The fraction of sp³-hybridized carbons (Fsp3) is 0.471. The van der Waals surface area contributed by atoms with Crippen LogP contribution in [0.5, 0.6) is 0 Å². The summed E-state index contributed by atoms with van der Waals surface area (Å²) < 4.78 is 0. The van der Waals surface area contributed by atoms with Crippen LogP contribution in [0.1, 0.15) is 37.7 Å². The highest BCUT2D eigenvalue weighted by Crippen LogP contribution is 2.31. The van der Waals surface area contributed by atoms with Gasteiger partial charge in [-0.05, 0) is 43.7 Å². The lowest BCUT2D eigenvalue weighted by molar-refractivity contribution is -0.125. The molecule has 0 atom stereocenters. The van der Waals surface area contributed by atoms with Crippen molar-refractivity contribution in [1.29, 1.82) is 0 Å². The normalized spacial score (nSPS) is 16.6. The highest BCUT2D eigenvalue weighted by Gasteiger charge is 2.37. The lowest BCUT2D eigenvalue weighted by Gasteiger charge is -2.41. The number of H-pyrrole nitrogens is 1. The zero-order valence-corrected chi connectivity index (χ0v) is 12.2. The van der Waals surface area contributed by atoms with E-state index in [1.165, 1.54) is 10.9 Å². The van der Waals surface area contributed by atoms with Crippen LogP contribution in [0.2, 0.25) is 0 Å². The SMILES string of the molecule is O=C(CCCc1c[nH]c2ccccc12)NC1(CO)CCC1. The van der Waals surface area contributed by atoms with Gasteiger partial charge in [-0.25, -0.2) is 0 Å². The number of rotatable bonds is 6. The fourth-order valence-corrected chi connectivity index (χ4v) is 3.06. The highest BCUT2D eigenvalue weighted by molar-refractivity contribution is 5.83. The van der Waals surface area contributed by atoms with Crippen molar-refractivity contribution in [2.45, 2.75) is 44.1 Å². The van der Waals surface area contributed by atoms with E-state index in [2.05, 4.69) is 22.4 Å². The lowest BCUT2D eigenvalue weighted by atomic mass is 9.77. The molecule has 0 radical (unpaired) electrons. The second-order valence-electron chi connectivity index (χ2n) is 6.05. The third-order valence-corrected chi connectivity index (χ3v) is 4.54. The third kappa shape index (κ3) is 2.95. The van der Waals surface area contributed by atoms with Gasteiger partial charge in [-0.1, -0.05) is 18.2 Å². The van der Waals surface area contributed by atoms with Gasteiger partial charge in [-0.3, -0.25) is 4.79 Å². The summed E-state index contributed by atoms with van der Waals surface area (Å²) in [6.07, 6.45) is 7.16. The van der Waals surface area contributed by atoms with Crippen LogP contribution >= 0.6 is 0 Å². The van der Waals surface area contributed by atoms with E-state index in [9.17, 15) is 9.90 Å². The van der Waals surface area contributed by atoms with Crippen LogP contribution in [0.15, 0.2) is 30.5 Å². The third-order valence-electron chi connectivity index (χ3n) is 4.54. The van der Waals surface area contributed by atoms with Crippen LogP contribution in [0, 0.1) is 0 Å². The molecular weight excluding hydrogens is 264 g/mol. The van der Waals surface area contributed by atoms with Crippen LogP contribution in [-0.4, -0.2) is 28.1 Å². The second kappa shape index (κ2) is 5.90. The first kappa shape index (κ1) is 14.1. The van der Waals surface area contributed by atoms with E-state index in [1.807, 2.05) is 18.3 Å². The molecule has 0 saturated heterocycles. The zero-order valence-electron chi connectivity index (χ0n) is 12.2. The van der Waals surface area contributed by atoms with E-state index >= 15 is 0 Å². The van der Waals surface area contributed by atoms with Crippen LogP contribution < -0.4 is 5.32 Å². The minimum absolute atomic E-state index is 0.0567. The number of aryl methyl sites for hydroxylation is 1. The summed E-state index contributed by atoms with van der Waals surface area (Å²) in [4.78, 5) is 15.2. The molecule has 4 nitrogen and oxygen atoms in total. The number of fused-ring (bicyclic) bond motifs is 1. The van der Waals surface area contributed by atoms with Crippen molar-refractivity contribution in [3.8, 4) is 0 Å². The Labute approximate surface area is 124 Å². The molecule has 1 aromatic heterocycles. The predicted octanol–water partition coefficient (Wildman–Crippen LogP) is 2.52. The Balaban J connectivity index is 1.51. The summed E-state index contributed by atoms with van der Waals surface area (Å²) in [5.41, 5.74) is 2.09. The molecule has 0 aliphatic heterocycles. The van der Waals surface area contributed by atoms with Gasteiger partial charge < -0.3 is 15.4 Å². The van der Waals surface area contributed by atoms with E-state index in [0.29, 0.717) is 6.42 Å². The Morgan fingerprint density at radius 3 is 2.86 bits per heavy atom. The van der Waals surface area contributed by atoms with Gasteiger partial charge >= 0.3 is 0 Å². The van der Waals surface area contributed by atoms with E-state index in [4.69, 9.17) is 0 Å². The number of carbonyl (C=O) groups is 1. The molecule has 0 unspecified atom stereocenters. The molecule has 4 heteroatoms. The van der Waals surface area contributed by atoms with Gasteiger partial charge in [0.1, 0.15) is 0 Å². The standard InChI is InChI=1S/C17H22N2O2/c20-12-17(9-4-10-17)19-16(21)8-3-5-13-11-18-15-7-2-1-6-14(13)15/h1-2,6-7,11,18,20H,3-5,8-10,12H2,(H,19,21). The molecule has 1 fully saturated rings. The largest absolute Gasteiger partial charge is 0.394 e. The first-order chi connectivity index (χ1) is 10.2. The van der Waals surface area contributed by atoms with Gasteiger partial charge in [0.15, 0.2) is 0 Å². The molecule has 112 valence electrons. The maximum atomic E-state index is 12.0. The van der Waals surface area contributed by atoms with Crippen molar-refractivity contribution < 1.29 is 9.90 Å². The van der Waals surface area contributed by atoms with Crippen LogP contribution in [0.4, 0.5) is 0 Å². The molecule has 0 spiro atoms. The summed E-state index contributed by atoms with van der Waals surface area (Å²) in [5.74, 6) is 0.0589. The minimum Gasteiger partial charge on any atom is -0.394 e. The molecule has 3 N–H and O–H groups in total. The van der Waals surface area contributed by atoms with Crippen molar-refractivity contribution in [3.05, 3.63) is 36.0 Å². The smallest absolute Gasteiger partial charge is 0.220 e. The Hall–Kier alpha value is -1.81. The van der Waals surface area contributed by atoms with Gasteiger partial charge in [0.2, 0.25) is 5.91 Å². The molecule has 1 amide bonds. The van der Waals surface area contributed by atoms with E-state index in [0.717, 1.165) is 37.6 Å². The van der Waals surface area contributed by atoms with Crippen LogP contribution in [0.25, 0.3) is 10.9 Å². The topological polar surface area (TPSA) is 65.1 Å². The first-order valence-corrected chi connectivity index (χ1v) is 7.69. The number of aliphatic hydroxyl groups is 1. The highest BCUT2D eigenvalue weighted by atomic mass is 16.3. The number of aromatic amines is 1. The summed E-state index contributed by atoms with van der Waals surface area (Å²) in [6.45, 7) is 0.0567. The quantitative estimate of drug-likeness (QED) is 0.764. The number of para-hydroxylation sites is 1. The number of hydrogen-bond donors (Lipinski definition) is 3. The summed E-state index contributed by atoms with van der Waals surface area (Å²) in [5, 5.41) is 13.6. The van der Waals surface area contributed by atoms with Crippen molar-refractivity contribution >= 4 is 16.8 Å². The summed E-state index contributed by atoms with van der Waals surface area (Å²) in [6, 6.07) is 8.22. The number of benzene rings is 1. The van der Waals surface area contributed by atoms with Gasteiger partial charge in [0.25, 0.3) is 0 Å². The Bertz CT molecular complexity index is 623. The molecule has 1 aliphatic rings. The van der Waals surface area contributed by atoms with Gasteiger partial charge in [0, 0.05) is 23.5 Å². The first-order valence-electron chi connectivity index (χ1n) is 7.69. The second-order valence-corrected chi connectivity index (χ2v) is 6.05. The molecule has 1 aromatic carbocycles. The van der Waals surface area contributed by atoms with Crippen LogP contribution in [-0.2, 0) is 11.2 Å². The van der Waals surface area contributed by atoms with Gasteiger partial charge in [0.05, 0.1) is 12.1 Å². The number of amides is 1. The van der Waals surface area contributed by atoms with Crippen molar-refractivity contribution in [1.82, 2.24) is 10.3 Å². The zero-order chi connectivity index (χ0) is 14.7. The van der Waals surface area contributed by atoms with E-state index in [-0.39, 0.29) is 18.1 Å². The minimum atomic E-state index is -0.322. The van der Waals surface area contributed by atoms with Gasteiger partial charge in [-0.2, -0.15) is 0 Å². The summed E-state index contributed by atoms with van der Waals surface area (Å²) >= 11 is 0. The van der Waals surface area contributed by atoms with E-state index < -0.39 is 0 Å². The maximum Gasteiger partial charge on any atom is 0.220 e. The molecule has 0 bridgehead atoms. The van der Waals surface area contributed by atoms with Crippen molar-refractivity contribution in [2.24, 2.45) is 0 Å². The molecule has 2 aromatic rings. The average Bonchev–Trinajstić information content (AvgIpc) is 2.86. The maximum absolute atomic E-state index is 12.0. The number of carbonyl (C=O) groups excluding carboxylic acids is 1. The number of aliphatic hydroxyl groups excluding tert-OH is 1. The molecule has 1 saturated carbocycles. The molecule has 21 heavy (non-hydrogen) atoms. The molecule has 1 heterocycles. The predicted molar refractivity (Wildman–Crippen MR) is 83.0 cm³/mol. The lowest BCUT2D eigenvalue weighted by Crippen LogP contribution is -2.56.